The van der Waals surface area contributed by atoms with Gasteiger partial charge in [-0.2, -0.15) is 0 Å². The van der Waals surface area contributed by atoms with E-state index in [4.69, 9.17) is 34.8 Å². The van der Waals surface area contributed by atoms with Gasteiger partial charge in [0.05, 0.1) is 11.1 Å². The van der Waals surface area contributed by atoms with E-state index in [0.29, 0.717) is 26.6 Å². The minimum Gasteiger partial charge on any atom is -0.306 e. The lowest BCUT2D eigenvalue weighted by Gasteiger charge is -2.21. The smallest absolute Gasteiger partial charge is 0.148 e. The number of nitrogens with one attached hydrogen (secondary N) is 1. The van der Waals surface area contributed by atoms with E-state index >= 15 is 0 Å². The van der Waals surface area contributed by atoms with Gasteiger partial charge in [-0.15, -0.1) is 0 Å². The van der Waals surface area contributed by atoms with E-state index in [1.54, 1.807) is 30.3 Å². The van der Waals surface area contributed by atoms with E-state index in [0.717, 1.165) is 5.56 Å². The highest BCUT2D eigenvalue weighted by atomic mass is 79.9. The standard InChI is InChI=1S/C15H12BrCl3FN/c1-2-21-15(8-5-9(17)7-10(18)6-8)11-3-4-12(16)13(19)14(11)20/h3-7,15,21H,2H2,1H3. The van der Waals surface area contributed by atoms with Gasteiger partial charge in [0, 0.05) is 20.1 Å². The molecule has 2 aromatic carbocycles. The van der Waals surface area contributed by atoms with Crippen LogP contribution in [-0.2, 0) is 0 Å². The van der Waals surface area contributed by atoms with E-state index in [2.05, 4.69) is 21.2 Å². The fourth-order valence-corrected chi connectivity index (χ4v) is 3.14. The molecule has 0 aromatic heterocycles. The maximum Gasteiger partial charge on any atom is 0.148 e. The van der Waals surface area contributed by atoms with E-state index in [9.17, 15) is 4.39 Å². The van der Waals surface area contributed by atoms with Crippen molar-refractivity contribution < 1.29 is 4.39 Å². The monoisotopic (exact) mass is 409 g/mol. The first-order valence-corrected chi connectivity index (χ1v) is 8.19. The van der Waals surface area contributed by atoms with Crippen LogP contribution in [0.1, 0.15) is 24.1 Å². The predicted octanol–water partition coefficient (Wildman–Crippen LogP) is 6.25. The first kappa shape index (κ1) is 17.0. The van der Waals surface area contributed by atoms with Crippen molar-refractivity contribution in [2.75, 3.05) is 6.54 Å². The molecule has 1 atom stereocenters. The van der Waals surface area contributed by atoms with E-state index in [-0.39, 0.29) is 11.1 Å². The van der Waals surface area contributed by atoms with Gasteiger partial charge >= 0.3 is 0 Å². The van der Waals surface area contributed by atoms with E-state index in [1.165, 1.54) is 0 Å². The zero-order chi connectivity index (χ0) is 15.6. The summed E-state index contributed by atoms with van der Waals surface area (Å²) in [7, 11) is 0. The van der Waals surface area contributed by atoms with Crippen molar-refractivity contribution in [3.05, 3.63) is 66.8 Å². The zero-order valence-electron chi connectivity index (χ0n) is 11.1. The van der Waals surface area contributed by atoms with E-state index < -0.39 is 5.82 Å². The highest BCUT2D eigenvalue weighted by Crippen LogP contribution is 2.34. The highest BCUT2D eigenvalue weighted by molar-refractivity contribution is 9.10. The third-order valence-electron chi connectivity index (χ3n) is 3.00. The Morgan fingerprint density at radius 3 is 2.33 bits per heavy atom. The molecule has 0 fully saturated rings. The second kappa shape index (κ2) is 7.30. The molecule has 0 saturated carbocycles. The average molecular weight is 412 g/mol. The Morgan fingerprint density at radius 2 is 1.76 bits per heavy atom. The Bertz CT molecular complexity index is 643. The minimum atomic E-state index is -0.465. The number of rotatable bonds is 4. The first-order chi connectivity index (χ1) is 9.93. The summed E-state index contributed by atoms with van der Waals surface area (Å²) in [5, 5.41) is 4.29. The molecule has 0 aliphatic heterocycles. The topological polar surface area (TPSA) is 12.0 Å². The number of hydrogen-bond donors (Lipinski definition) is 1. The molecule has 6 heteroatoms. The van der Waals surface area contributed by atoms with Gasteiger partial charge < -0.3 is 5.32 Å². The van der Waals surface area contributed by atoms with Crippen LogP contribution in [0.5, 0.6) is 0 Å². The molecular weight excluding hydrogens is 399 g/mol. The van der Waals surface area contributed by atoms with Crippen LogP contribution in [0.25, 0.3) is 0 Å². The average Bonchev–Trinajstić information content (AvgIpc) is 2.42. The SMILES string of the molecule is CCNC(c1cc(Cl)cc(Cl)c1)c1ccc(Br)c(Cl)c1F. The van der Waals surface area contributed by atoms with Crippen LogP contribution < -0.4 is 5.32 Å². The molecule has 1 N–H and O–H groups in total. The maximum atomic E-state index is 14.5. The van der Waals surface area contributed by atoms with Crippen molar-refractivity contribution in [3.8, 4) is 0 Å². The van der Waals surface area contributed by atoms with Crippen LogP contribution in [0, 0.1) is 5.82 Å². The lowest BCUT2D eigenvalue weighted by Crippen LogP contribution is -2.23. The van der Waals surface area contributed by atoms with Crippen LogP contribution in [0.3, 0.4) is 0 Å². The Morgan fingerprint density at radius 1 is 1.14 bits per heavy atom. The van der Waals surface area contributed by atoms with Gasteiger partial charge in [0.15, 0.2) is 0 Å². The van der Waals surface area contributed by atoms with Gasteiger partial charge in [-0.25, -0.2) is 4.39 Å². The van der Waals surface area contributed by atoms with Crippen molar-refractivity contribution in [2.24, 2.45) is 0 Å². The van der Waals surface area contributed by atoms with Gasteiger partial charge in [0.1, 0.15) is 5.82 Å². The first-order valence-electron chi connectivity index (χ1n) is 6.26. The molecule has 21 heavy (non-hydrogen) atoms. The fourth-order valence-electron chi connectivity index (χ4n) is 2.12. The van der Waals surface area contributed by atoms with Crippen LogP contribution >= 0.6 is 50.7 Å². The summed E-state index contributed by atoms with van der Waals surface area (Å²) in [5.41, 5.74) is 1.23. The molecular formula is C15H12BrCl3FN. The van der Waals surface area contributed by atoms with E-state index in [1.807, 2.05) is 6.92 Å². The number of hydrogen-bond acceptors (Lipinski definition) is 1. The molecule has 2 rings (SSSR count). The lowest BCUT2D eigenvalue weighted by atomic mass is 9.98. The molecule has 112 valence electrons. The Kier molecular flexibility index (Phi) is 5.92. The molecule has 0 bridgehead atoms. The Labute approximate surface area is 146 Å². The zero-order valence-corrected chi connectivity index (χ0v) is 14.9. The molecule has 0 aliphatic carbocycles. The number of benzene rings is 2. The van der Waals surface area contributed by atoms with Crippen molar-refractivity contribution in [2.45, 2.75) is 13.0 Å². The molecule has 2 aromatic rings. The van der Waals surface area contributed by atoms with Crippen molar-refractivity contribution in [1.82, 2.24) is 5.32 Å². The summed E-state index contributed by atoms with van der Waals surface area (Å²) in [6.07, 6.45) is 0. The van der Waals surface area contributed by atoms with Gasteiger partial charge in [0.2, 0.25) is 0 Å². The molecule has 0 spiro atoms. The normalized spacial score (nSPS) is 12.5. The van der Waals surface area contributed by atoms with Gasteiger partial charge in [0.25, 0.3) is 0 Å². The summed E-state index contributed by atoms with van der Waals surface area (Å²) in [6, 6.07) is 8.19. The maximum absolute atomic E-state index is 14.5. The van der Waals surface area contributed by atoms with Gasteiger partial charge in [-0.1, -0.05) is 47.8 Å². The number of halogens is 5. The van der Waals surface area contributed by atoms with Crippen LogP contribution in [0.15, 0.2) is 34.8 Å². The van der Waals surface area contributed by atoms with Crippen LogP contribution in [0.4, 0.5) is 4.39 Å². The quantitative estimate of drug-likeness (QED) is 0.587. The third kappa shape index (κ3) is 3.91. The van der Waals surface area contributed by atoms with Crippen molar-refractivity contribution in [1.29, 1.82) is 0 Å². The van der Waals surface area contributed by atoms with Gasteiger partial charge in [-0.05, 0) is 52.3 Å². The van der Waals surface area contributed by atoms with Crippen molar-refractivity contribution in [3.63, 3.8) is 0 Å². The fraction of sp³-hybridized carbons (Fsp3) is 0.200. The van der Waals surface area contributed by atoms with Crippen LogP contribution in [-0.4, -0.2) is 6.54 Å². The summed E-state index contributed by atoms with van der Waals surface area (Å²) in [6.45, 7) is 2.60. The Hall–Kier alpha value is -0.320. The summed E-state index contributed by atoms with van der Waals surface area (Å²) in [5.74, 6) is -0.465. The predicted molar refractivity (Wildman–Crippen MR) is 91.1 cm³/mol. The largest absolute Gasteiger partial charge is 0.306 e. The van der Waals surface area contributed by atoms with Crippen LogP contribution in [0.2, 0.25) is 15.1 Å². The second-order valence-corrected chi connectivity index (χ2v) is 6.56. The lowest BCUT2D eigenvalue weighted by molar-refractivity contribution is 0.559. The molecule has 0 saturated heterocycles. The molecule has 0 heterocycles. The molecule has 0 amide bonds. The van der Waals surface area contributed by atoms with Gasteiger partial charge in [-0.3, -0.25) is 0 Å². The highest BCUT2D eigenvalue weighted by Gasteiger charge is 2.20. The third-order valence-corrected chi connectivity index (χ3v) is 4.70. The summed E-state index contributed by atoms with van der Waals surface area (Å²) in [4.78, 5) is 0. The van der Waals surface area contributed by atoms with Crippen molar-refractivity contribution >= 4 is 50.7 Å². The minimum absolute atomic E-state index is 0.0588. The second-order valence-electron chi connectivity index (χ2n) is 4.46. The molecule has 0 aliphatic rings. The molecule has 0 radical (unpaired) electrons. The molecule has 1 unspecified atom stereocenters. The molecule has 1 nitrogen and oxygen atoms in total. The summed E-state index contributed by atoms with van der Waals surface area (Å²) >= 11 is 21.3. The Balaban J connectivity index is 2.56. The summed E-state index contributed by atoms with van der Waals surface area (Å²) < 4.78 is 15.0.